The summed E-state index contributed by atoms with van der Waals surface area (Å²) in [5.41, 5.74) is 1.26. The van der Waals surface area contributed by atoms with Gasteiger partial charge in [0.15, 0.2) is 9.84 Å². The monoisotopic (exact) mass is 436 g/mol. The molecular weight excluding hydrogens is 412 g/mol. The van der Waals surface area contributed by atoms with E-state index in [9.17, 15) is 18.0 Å². The van der Waals surface area contributed by atoms with Crippen LogP contribution in [0.2, 0.25) is 0 Å². The molecule has 1 atom stereocenters. The molecule has 156 valence electrons. The smallest absolute Gasteiger partial charge is 0.341 e. The minimum absolute atomic E-state index is 0.0427. The average Bonchev–Trinajstić information content (AvgIpc) is 3.26. The van der Waals surface area contributed by atoms with E-state index in [0.717, 1.165) is 10.4 Å². The zero-order valence-corrected chi connectivity index (χ0v) is 18.0. The van der Waals surface area contributed by atoms with Gasteiger partial charge in [-0.3, -0.25) is 9.69 Å². The van der Waals surface area contributed by atoms with Crippen molar-refractivity contribution in [1.82, 2.24) is 4.90 Å². The van der Waals surface area contributed by atoms with E-state index in [4.69, 9.17) is 4.74 Å². The Morgan fingerprint density at radius 1 is 1.28 bits per heavy atom. The third kappa shape index (κ3) is 5.43. The van der Waals surface area contributed by atoms with Crippen molar-refractivity contribution in [3.8, 4) is 10.4 Å². The summed E-state index contributed by atoms with van der Waals surface area (Å²) in [6.07, 6.45) is 0.525. The molecule has 0 spiro atoms. The first-order valence-electron chi connectivity index (χ1n) is 9.36. The van der Waals surface area contributed by atoms with E-state index >= 15 is 0 Å². The normalized spacial score (nSPS) is 18.0. The summed E-state index contributed by atoms with van der Waals surface area (Å²) in [5, 5.41) is 3.23. The molecule has 29 heavy (non-hydrogen) atoms. The molecule has 7 nitrogen and oxygen atoms in total. The summed E-state index contributed by atoms with van der Waals surface area (Å²) in [7, 11) is -1.28. The van der Waals surface area contributed by atoms with Gasteiger partial charge in [0.1, 0.15) is 5.00 Å². The van der Waals surface area contributed by atoms with Crippen LogP contribution >= 0.6 is 11.3 Å². The lowest BCUT2D eigenvalue weighted by Crippen LogP contribution is -2.38. The molecule has 0 aliphatic carbocycles. The van der Waals surface area contributed by atoms with Crippen LogP contribution < -0.4 is 5.32 Å². The number of anilines is 1. The van der Waals surface area contributed by atoms with E-state index in [1.807, 2.05) is 30.3 Å². The van der Waals surface area contributed by atoms with Gasteiger partial charge in [0.05, 0.1) is 30.2 Å². The predicted octanol–water partition coefficient (Wildman–Crippen LogP) is 2.65. The maximum Gasteiger partial charge on any atom is 0.341 e. The number of esters is 1. The van der Waals surface area contributed by atoms with E-state index in [0.29, 0.717) is 17.0 Å². The molecular formula is C20H24N2O5S2. The van der Waals surface area contributed by atoms with Gasteiger partial charge in [-0.1, -0.05) is 30.3 Å². The number of benzene rings is 1. The van der Waals surface area contributed by atoms with Crippen LogP contribution in [0, 0.1) is 0 Å². The Bertz CT molecular complexity index is 986. The summed E-state index contributed by atoms with van der Waals surface area (Å²) in [6.45, 7) is 2.01. The second-order valence-corrected chi connectivity index (χ2v) is 10.2. The zero-order valence-electron chi connectivity index (χ0n) is 16.4. The standard InChI is InChI=1S/C20H24N2O5S2/c1-3-27-20(24)16-11-17(14-7-5-4-6-8-14)28-19(16)21-18(23)12-22(2)15-9-10-29(25,26)13-15/h4-8,11,15H,3,9-10,12-13H2,1-2H3,(H,21,23). The first-order valence-corrected chi connectivity index (χ1v) is 12.0. The molecule has 3 rings (SSSR count). The molecule has 1 saturated heterocycles. The number of hydrogen-bond donors (Lipinski definition) is 1. The molecule has 1 fully saturated rings. The Labute approximate surface area is 174 Å². The van der Waals surface area contributed by atoms with Gasteiger partial charge in [-0.05, 0) is 32.0 Å². The summed E-state index contributed by atoms with van der Waals surface area (Å²) < 4.78 is 28.5. The number of carbonyl (C=O) groups excluding carboxylic acids is 2. The van der Waals surface area contributed by atoms with Crippen molar-refractivity contribution in [1.29, 1.82) is 0 Å². The van der Waals surface area contributed by atoms with Crippen molar-refractivity contribution in [3.63, 3.8) is 0 Å². The summed E-state index contributed by atoms with van der Waals surface area (Å²) in [6, 6.07) is 11.1. The second kappa shape index (κ2) is 9.06. The maximum absolute atomic E-state index is 12.6. The van der Waals surface area contributed by atoms with Crippen LogP contribution in [0.1, 0.15) is 23.7 Å². The molecule has 0 saturated carbocycles. The number of amides is 1. The quantitative estimate of drug-likeness (QED) is 0.671. The van der Waals surface area contributed by atoms with E-state index < -0.39 is 15.8 Å². The maximum atomic E-state index is 12.6. The molecule has 0 bridgehead atoms. The Hall–Kier alpha value is -2.23. The largest absolute Gasteiger partial charge is 0.462 e. The van der Waals surface area contributed by atoms with Gasteiger partial charge in [0.25, 0.3) is 0 Å². The summed E-state index contributed by atoms with van der Waals surface area (Å²) in [4.78, 5) is 27.5. The van der Waals surface area contributed by atoms with Crippen LogP contribution in [-0.4, -0.2) is 62.9 Å². The highest BCUT2D eigenvalue weighted by Gasteiger charge is 2.31. The Kier molecular flexibility index (Phi) is 6.71. The van der Waals surface area contributed by atoms with Crippen LogP contribution in [0.15, 0.2) is 36.4 Å². The number of carbonyl (C=O) groups is 2. The van der Waals surface area contributed by atoms with Gasteiger partial charge < -0.3 is 10.1 Å². The van der Waals surface area contributed by atoms with Crippen molar-refractivity contribution in [3.05, 3.63) is 42.0 Å². The minimum Gasteiger partial charge on any atom is -0.462 e. The van der Waals surface area contributed by atoms with Crippen LogP contribution in [0.25, 0.3) is 10.4 Å². The minimum atomic E-state index is -3.02. The number of hydrogen-bond acceptors (Lipinski definition) is 7. The molecule has 1 unspecified atom stereocenters. The highest BCUT2D eigenvalue weighted by molar-refractivity contribution is 7.91. The predicted molar refractivity (Wildman–Crippen MR) is 114 cm³/mol. The lowest BCUT2D eigenvalue weighted by molar-refractivity contribution is -0.117. The van der Waals surface area contributed by atoms with Crippen LogP contribution in [-0.2, 0) is 19.4 Å². The highest BCUT2D eigenvalue weighted by atomic mass is 32.2. The van der Waals surface area contributed by atoms with E-state index in [2.05, 4.69) is 5.32 Å². The third-order valence-electron chi connectivity index (χ3n) is 4.76. The molecule has 1 N–H and O–H groups in total. The van der Waals surface area contributed by atoms with Gasteiger partial charge >= 0.3 is 5.97 Å². The van der Waals surface area contributed by atoms with Gasteiger partial charge in [-0.25, -0.2) is 13.2 Å². The fraction of sp³-hybridized carbons (Fsp3) is 0.400. The van der Waals surface area contributed by atoms with Crippen LogP contribution in [0.4, 0.5) is 5.00 Å². The number of nitrogens with zero attached hydrogens (tertiary/aromatic N) is 1. The number of rotatable bonds is 7. The lowest BCUT2D eigenvalue weighted by atomic mass is 10.1. The number of sulfone groups is 1. The molecule has 1 amide bonds. The van der Waals surface area contributed by atoms with Crippen molar-refractivity contribution < 1.29 is 22.7 Å². The molecule has 2 aromatic rings. The summed E-state index contributed by atoms with van der Waals surface area (Å²) in [5.74, 6) is -0.565. The second-order valence-electron chi connectivity index (χ2n) is 6.96. The van der Waals surface area contributed by atoms with Crippen molar-refractivity contribution >= 4 is 38.1 Å². The number of ether oxygens (including phenoxy) is 1. The van der Waals surface area contributed by atoms with Crippen molar-refractivity contribution in [2.75, 3.05) is 37.0 Å². The Balaban J connectivity index is 1.75. The fourth-order valence-electron chi connectivity index (χ4n) is 3.23. The first-order chi connectivity index (χ1) is 13.8. The van der Waals surface area contributed by atoms with E-state index in [1.165, 1.54) is 11.3 Å². The topological polar surface area (TPSA) is 92.8 Å². The van der Waals surface area contributed by atoms with Crippen LogP contribution in [0.3, 0.4) is 0 Å². The van der Waals surface area contributed by atoms with Gasteiger partial charge in [-0.2, -0.15) is 0 Å². The van der Waals surface area contributed by atoms with E-state index in [1.54, 1.807) is 24.9 Å². The first kappa shape index (κ1) is 21.5. The molecule has 1 aromatic heterocycles. The van der Waals surface area contributed by atoms with Gasteiger partial charge in [0.2, 0.25) is 5.91 Å². The fourth-order valence-corrected chi connectivity index (χ4v) is 6.11. The molecule has 2 heterocycles. The molecule has 0 radical (unpaired) electrons. The number of thiophene rings is 1. The number of likely N-dealkylation sites (N-methyl/N-ethyl adjacent to an activating group) is 1. The average molecular weight is 437 g/mol. The van der Waals surface area contributed by atoms with Crippen LogP contribution in [0.5, 0.6) is 0 Å². The SMILES string of the molecule is CCOC(=O)c1cc(-c2ccccc2)sc1NC(=O)CN(C)C1CCS(=O)(=O)C1. The number of nitrogens with one attached hydrogen (secondary N) is 1. The van der Waals surface area contributed by atoms with Gasteiger partial charge in [-0.15, -0.1) is 11.3 Å². The van der Waals surface area contributed by atoms with Crippen molar-refractivity contribution in [2.24, 2.45) is 0 Å². The molecule has 1 aromatic carbocycles. The Morgan fingerprint density at radius 3 is 2.62 bits per heavy atom. The Morgan fingerprint density at radius 2 is 2.00 bits per heavy atom. The molecule has 9 heteroatoms. The van der Waals surface area contributed by atoms with E-state index in [-0.39, 0.29) is 36.6 Å². The zero-order chi connectivity index (χ0) is 21.0. The molecule has 1 aliphatic heterocycles. The third-order valence-corrected chi connectivity index (χ3v) is 7.61. The van der Waals surface area contributed by atoms with Crippen molar-refractivity contribution in [2.45, 2.75) is 19.4 Å². The summed E-state index contributed by atoms with van der Waals surface area (Å²) >= 11 is 1.31. The van der Waals surface area contributed by atoms with Gasteiger partial charge in [0, 0.05) is 10.9 Å². The molecule has 1 aliphatic rings. The highest BCUT2D eigenvalue weighted by Crippen LogP contribution is 2.36. The lowest BCUT2D eigenvalue weighted by Gasteiger charge is -2.22.